The molecule has 1 aliphatic carbocycles. The summed E-state index contributed by atoms with van der Waals surface area (Å²) in [5.74, 6) is -1.53. The van der Waals surface area contributed by atoms with Crippen molar-refractivity contribution < 1.29 is 18.0 Å². The molecule has 1 saturated carbocycles. The van der Waals surface area contributed by atoms with Gasteiger partial charge in [-0.1, -0.05) is 36.6 Å². The minimum atomic E-state index is -4.60. The van der Waals surface area contributed by atoms with E-state index in [-0.39, 0.29) is 12.3 Å². The van der Waals surface area contributed by atoms with E-state index >= 15 is 0 Å². The molecule has 4 nitrogen and oxygen atoms in total. The summed E-state index contributed by atoms with van der Waals surface area (Å²) >= 11 is 5.14. The van der Waals surface area contributed by atoms with Crippen LogP contribution in [0.3, 0.4) is 0 Å². The minimum Gasteiger partial charge on any atom is -0.299 e. The first-order valence-electron chi connectivity index (χ1n) is 5.10. The molecular formula is C10H11ClF3N3O. The molecule has 0 aliphatic heterocycles. The van der Waals surface area contributed by atoms with Crippen LogP contribution in [0.5, 0.6) is 0 Å². The van der Waals surface area contributed by atoms with Gasteiger partial charge in [-0.25, -0.2) is 0 Å². The molecule has 100 valence electrons. The largest absolute Gasteiger partial charge is 0.426 e. The summed E-state index contributed by atoms with van der Waals surface area (Å²) in [5, 5.41) is 1.89. The van der Waals surface area contributed by atoms with Crippen LogP contribution in [0, 0.1) is 17.3 Å². The number of allylic oxidation sites excluding steroid dienone is 2. The molecule has 0 N–H and O–H groups in total. The fraction of sp³-hybridized carbons (Fsp3) is 0.700. The van der Waals surface area contributed by atoms with Crippen LogP contribution in [0.1, 0.15) is 13.8 Å². The zero-order valence-corrected chi connectivity index (χ0v) is 10.5. The van der Waals surface area contributed by atoms with Gasteiger partial charge in [-0.2, -0.15) is 13.2 Å². The monoisotopic (exact) mass is 281 g/mol. The molecule has 0 heterocycles. The molecule has 0 aromatic heterocycles. The molecule has 1 fully saturated rings. The molecule has 18 heavy (non-hydrogen) atoms. The molecule has 2 atom stereocenters. The minimum absolute atomic E-state index is 0.349. The Hall–Kier alpha value is -1.20. The molecular weight excluding hydrogens is 271 g/mol. The van der Waals surface area contributed by atoms with Crippen LogP contribution in [0.2, 0.25) is 0 Å². The number of hydrogen-bond donors (Lipinski definition) is 0. The fourth-order valence-corrected chi connectivity index (χ4v) is 2.19. The van der Waals surface area contributed by atoms with Crippen LogP contribution in [0.4, 0.5) is 13.2 Å². The lowest BCUT2D eigenvalue weighted by molar-refractivity contribution is -0.119. The molecule has 0 unspecified atom stereocenters. The number of halogens is 4. The van der Waals surface area contributed by atoms with E-state index in [1.54, 1.807) is 13.8 Å². The quantitative estimate of drug-likeness (QED) is 0.439. The van der Waals surface area contributed by atoms with Gasteiger partial charge in [0, 0.05) is 10.8 Å². The molecule has 1 aliphatic rings. The van der Waals surface area contributed by atoms with Crippen molar-refractivity contribution in [1.82, 2.24) is 0 Å². The van der Waals surface area contributed by atoms with E-state index in [0.717, 1.165) is 6.08 Å². The second-order valence-corrected chi connectivity index (χ2v) is 5.10. The highest BCUT2D eigenvalue weighted by molar-refractivity contribution is 6.30. The number of alkyl halides is 3. The topological polar surface area (TPSA) is 65.8 Å². The molecule has 1 rings (SSSR count). The summed E-state index contributed by atoms with van der Waals surface area (Å²) in [4.78, 5) is 14.0. The molecule has 0 aromatic carbocycles. The van der Waals surface area contributed by atoms with Gasteiger partial charge in [-0.05, 0) is 16.9 Å². The smallest absolute Gasteiger partial charge is 0.299 e. The summed E-state index contributed by atoms with van der Waals surface area (Å²) in [6, 6.07) is 0. The Morgan fingerprint density at radius 1 is 1.56 bits per heavy atom. The Bertz CT molecular complexity index is 438. The third-order valence-corrected chi connectivity index (χ3v) is 3.48. The second kappa shape index (κ2) is 4.82. The molecule has 0 spiro atoms. The summed E-state index contributed by atoms with van der Waals surface area (Å²) < 4.78 is 36.8. The molecule has 0 bridgehead atoms. The van der Waals surface area contributed by atoms with Gasteiger partial charge in [0.1, 0.15) is 10.8 Å². The second-order valence-electron chi connectivity index (χ2n) is 4.69. The number of hydrogen-bond acceptors (Lipinski definition) is 2. The Morgan fingerprint density at radius 2 is 2.11 bits per heavy atom. The zero-order chi connectivity index (χ0) is 14.1. The summed E-state index contributed by atoms with van der Waals surface area (Å²) in [6.07, 6.45) is -3.74. The summed E-state index contributed by atoms with van der Waals surface area (Å²) in [6.45, 7) is 3.00. The van der Waals surface area contributed by atoms with E-state index < -0.39 is 28.5 Å². The lowest BCUT2D eigenvalue weighted by atomic mass is 10.1. The van der Waals surface area contributed by atoms with Gasteiger partial charge >= 0.3 is 6.18 Å². The van der Waals surface area contributed by atoms with Gasteiger partial charge < -0.3 is 0 Å². The lowest BCUT2D eigenvalue weighted by Crippen LogP contribution is -2.09. The number of nitrogens with zero attached hydrogens (tertiary/aromatic N) is 3. The van der Waals surface area contributed by atoms with Crippen LogP contribution in [0.25, 0.3) is 10.4 Å². The average Bonchev–Trinajstić information content (AvgIpc) is 2.75. The van der Waals surface area contributed by atoms with Crippen molar-refractivity contribution in [2.75, 3.05) is 6.54 Å². The number of carbonyl (C=O) groups is 1. The van der Waals surface area contributed by atoms with Crippen molar-refractivity contribution in [2.24, 2.45) is 22.4 Å². The number of carbonyl (C=O) groups excluding carboxylic acids is 1. The zero-order valence-electron chi connectivity index (χ0n) is 9.70. The van der Waals surface area contributed by atoms with Crippen LogP contribution in [0.15, 0.2) is 16.2 Å². The number of Topliss-reactive ketones (excluding diaryl/α,β-unsaturated/α-hetero) is 1. The molecule has 0 saturated heterocycles. The maximum Gasteiger partial charge on any atom is 0.426 e. The fourth-order valence-electron chi connectivity index (χ4n) is 2.06. The highest BCUT2D eigenvalue weighted by atomic mass is 35.5. The maximum atomic E-state index is 12.3. The van der Waals surface area contributed by atoms with Crippen molar-refractivity contribution in [3.63, 3.8) is 0 Å². The van der Waals surface area contributed by atoms with Gasteiger partial charge in [0.2, 0.25) is 0 Å². The normalized spacial score (nSPS) is 26.4. The van der Waals surface area contributed by atoms with Crippen molar-refractivity contribution in [3.8, 4) is 0 Å². The highest BCUT2D eigenvalue weighted by Crippen LogP contribution is 2.60. The van der Waals surface area contributed by atoms with Crippen LogP contribution in [-0.4, -0.2) is 18.5 Å². The molecule has 8 heteroatoms. The Morgan fingerprint density at radius 3 is 2.56 bits per heavy atom. The van der Waals surface area contributed by atoms with Crippen molar-refractivity contribution in [3.05, 3.63) is 21.6 Å². The SMILES string of the molecule is CC1(C)[C@H](C(=O)CN=[N+]=[N-])[C@@H]1/C=C(\Cl)C(F)(F)F. The van der Waals surface area contributed by atoms with Gasteiger partial charge in [0.05, 0.1) is 6.54 Å². The van der Waals surface area contributed by atoms with E-state index in [0.29, 0.717) is 0 Å². The van der Waals surface area contributed by atoms with E-state index in [4.69, 9.17) is 17.1 Å². The third kappa shape index (κ3) is 2.97. The predicted molar refractivity (Wildman–Crippen MR) is 59.8 cm³/mol. The first kappa shape index (κ1) is 14.9. The van der Waals surface area contributed by atoms with Gasteiger partial charge in [-0.3, -0.25) is 4.79 Å². The lowest BCUT2D eigenvalue weighted by Gasteiger charge is -2.04. The standard InChI is InChI=1S/C10H11ClF3N3O/c1-9(2)5(3-7(11)10(12,13)14)8(9)6(18)4-16-17-15/h3,5,8H,4H2,1-2H3/b7-3-/t5-,8-/m0/s1. The molecule has 0 aromatic rings. The van der Waals surface area contributed by atoms with Crippen LogP contribution in [-0.2, 0) is 4.79 Å². The Balaban J connectivity index is 2.82. The van der Waals surface area contributed by atoms with Gasteiger partial charge in [0.15, 0.2) is 0 Å². The van der Waals surface area contributed by atoms with E-state index in [1.807, 2.05) is 0 Å². The van der Waals surface area contributed by atoms with E-state index in [2.05, 4.69) is 10.0 Å². The highest BCUT2D eigenvalue weighted by Gasteiger charge is 2.60. The average molecular weight is 282 g/mol. The Kier molecular flexibility index (Phi) is 3.98. The van der Waals surface area contributed by atoms with E-state index in [1.165, 1.54) is 0 Å². The van der Waals surface area contributed by atoms with Crippen molar-refractivity contribution >= 4 is 17.4 Å². The van der Waals surface area contributed by atoms with Crippen LogP contribution >= 0.6 is 11.6 Å². The van der Waals surface area contributed by atoms with Crippen molar-refractivity contribution in [1.29, 1.82) is 0 Å². The molecule has 0 amide bonds. The van der Waals surface area contributed by atoms with Crippen LogP contribution < -0.4 is 0 Å². The first-order chi connectivity index (χ1) is 8.12. The Labute approximate surface area is 106 Å². The van der Waals surface area contributed by atoms with Gasteiger partial charge in [-0.15, -0.1) is 0 Å². The van der Waals surface area contributed by atoms with Gasteiger partial charge in [0.25, 0.3) is 0 Å². The van der Waals surface area contributed by atoms with E-state index in [9.17, 15) is 18.0 Å². The predicted octanol–water partition coefficient (Wildman–Crippen LogP) is 3.82. The maximum absolute atomic E-state index is 12.3. The third-order valence-electron chi connectivity index (χ3n) is 3.14. The van der Waals surface area contributed by atoms with Crippen molar-refractivity contribution in [2.45, 2.75) is 20.0 Å². The molecule has 0 radical (unpaired) electrons. The summed E-state index contributed by atoms with van der Waals surface area (Å²) in [5.41, 5.74) is 7.50. The number of azide groups is 1. The number of rotatable bonds is 4. The number of ketones is 1. The first-order valence-corrected chi connectivity index (χ1v) is 5.48. The summed E-state index contributed by atoms with van der Waals surface area (Å²) in [7, 11) is 0.